The lowest BCUT2D eigenvalue weighted by atomic mass is 9.89. The van der Waals surface area contributed by atoms with Crippen molar-refractivity contribution in [2.24, 2.45) is 10.4 Å². The Bertz CT molecular complexity index is 459. The minimum absolute atomic E-state index is 0.388. The normalized spacial score (nSPS) is 14.0. The summed E-state index contributed by atoms with van der Waals surface area (Å²) in [5.74, 6) is 0.900. The predicted molar refractivity (Wildman–Crippen MR) is 97.8 cm³/mol. The van der Waals surface area contributed by atoms with Gasteiger partial charge in [0.15, 0.2) is 5.96 Å². The molecule has 1 aromatic rings. The maximum atomic E-state index is 4.49. The summed E-state index contributed by atoms with van der Waals surface area (Å²) in [4.78, 5) is 8.79. The van der Waals surface area contributed by atoms with Crippen LogP contribution in [-0.2, 0) is 6.42 Å². The van der Waals surface area contributed by atoms with Crippen LogP contribution in [0.5, 0.6) is 0 Å². The van der Waals surface area contributed by atoms with Crippen LogP contribution >= 0.6 is 11.3 Å². The zero-order valence-electron chi connectivity index (χ0n) is 15.0. The number of guanidine groups is 1. The number of rotatable bonds is 7. The first-order chi connectivity index (χ1) is 10.3. The fourth-order valence-electron chi connectivity index (χ4n) is 2.11. The van der Waals surface area contributed by atoms with Crippen molar-refractivity contribution >= 4 is 17.3 Å². The van der Waals surface area contributed by atoms with Gasteiger partial charge in [-0.1, -0.05) is 20.8 Å². The number of thiazole rings is 1. The van der Waals surface area contributed by atoms with Crippen LogP contribution in [0.15, 0.2) is 10.4 Å². The molecular formula is C17H32N4S. The fourth-order valence-corrected chi connectivity index (χ4v) is 2.93. The molecule has 0 amide bonds. The molecule has 0 radical (unpaired) electrons. The molecule has 0 aliphatic heterocycles. The average Bonchev–Trinajstić information content (AvgIpc) is 2.85. The fraction of sp³-hybridized carbons (Fsp3) is 0.765. The number of aryl methyl sites for hydroxylation is 2. The summed E-state index contributed by atoms with van der Waals surface area (Å²) in [7, 11) is 1.83. The van der Waals surface area contributed by atoms with Gasteiger partial charge in [0.25, 0.3) is 0 Å². The molecule has 1 aromatic heterocycles. The first-order valence-corrected chi connectivity index (χ1v) is 9.06. The molecule has 1 heterocycles. The highest BCUT2D eigenvalue weighted by Gasteiger charge is 2.13. The molecule has 4 nitrogen and oxygen atoms in total. The van der Waals surface area contributed by atoms with Crippen molar-refractivity contribution in [3.8, 4) is 0 Å². The van der Waals surface area contributed by atoms with Crippen LogP contribution in [0, 0.1) is 12.3 Å². The van der Waals surface area contributed by atoms with E-state index in [2.05, 4.69) is 53.7 Å². The number of nitrogens with one attached hydrogen (secondary N) is 2. The number of hydrogen-bond donors (Lipinski definition) is 2. The molecule has 2 N–H and O–H groups in total. The maximum absolute atomic E-state index is 4.49. The van der Waals surface area contributed by atoms with E-state index in [0.717, 1.165) is 37.5 Å². The third-order valence-electron chi connectivity index (χ3n) is 3.46. The summed E-state index contributed by atoms with van der Waals surface area (Å²) in [5, 5.41) is 10.2. The van der Waals surface area contributed by atoms with Gasteiger partial charge >= 0.3 is 0 Å². The van der Waals surface area contributed by atoms with Crippen molar-refractivity contribution in [2.45, 2.75) is 66.3 Å². The second-order valence-electron chi connectivity index (χ2n) is 7.13. The molecule has 1 unspecified atom stereocenters. The highest BCUT2D eigenvalue weighted by Crippen LogP contribution is 2.21. The van der Waals surface area contributed by atoms with Crippen LogP contribution < -0.4 is 10.6 Å². The van der Waals surface area contributed by atoms with Crippen molar-refractivity contribution in [3.05, 3.63) is 16.1 Å². The van der Waals surface area contributed by atoms with Gasteiger partial charge in [0.2, 0.25) is 0 Å². The Morgan fingerprint density at radius 1 is 1.41 bits per heavy atom. The quantitative estimate of drug-likeness (QED) is 0.456. The van der Waals surface area contributed by atoms with E-state index in [0.29, 0.717) is 11.5 Å². The molecule has 0 saturated heterocycles. The smallest absolute Gasteiger partial charge is 0.191 e. The van der Waals surface area contributed by atoms with Crippen LogP contribution in [0.1, 0.15) is 57.7 Å². The molecule has 0 bridgehead atoms. The maximum Gasteiger partial charge on any atom is 0.191 e. The molecule has 5 heteroatoms. The Balaban J connectivity index is 2.21. The summed E-state index contributed by atoms with van der Waals surface area (Å²) < 4.78 is 0. The van der Waals surface area contributed by atoms with E-state index < -0.39 is 0 Å². The van der Waals surface area contributed by atoms with Crippen molar-refractivity contribution in [3.63, 3.8) is 0 Å². The monoisotopic (exact) mass is 324 g/mol. The van der Waals surface area contributed by atoms with Gasteiger partial charge in [0, 0.05) is 37.1 Å². The Morgan fingerprint density at radius 3 is 2.68 bits per heavy atom. The van der Waals surface area contributed by atoms with E-state index >= 15 is 0 Å². The van der Waals surface area contributed by atoms with E-state index in [9.17, 15) is 0 Å². The third-order valence-corrected chi connectivity index (χ3v) is 4.49. The van der Waals surface area contributed by atoms with Crippen molar-refractivity contribution in [2.75, 3.05) is 13.6 Å². The predicted octanol–water partition coefficient (Wildman–Crippen LogP) is 3.76. The number of nitrogens with zero attached hydrogens (tertiary/aromatic N) is 2. The Kier molecular flexibility index (Phi) is 7.87. The molecule has 0 aliphatic rings. The minimum atomic E-state index is 0.388. The van der Waals surface area contributed by atoms with Crippen molar-refractivity contribution in [1.29, 1.82) is 0 Å². The van der Waals surface area contributed by atoms with Crippen LogP contribution in [0.25, 0.3) is 0 Å². The Hall–Kier alpha value is -1.10. The van der Waals surface area contributed by atoms with Gasteiger partial charge in [0.1, 0.15) is 0 Å². The molecule has 0 spiro atoms. The molecule has 22 heavy (non-hydrogen) atoms. The van der Waals surface area contributed by atoms with Crippen LogP contribution in [0.4, 0.5) is 0 Å². The summed E-state index contributed by atoms with van der Waals surface area (Å²) in [5.41, 5.74) is 1.51. The number of hydrogen-bond acceptors (Lipinski definition) is 3. The zero-order chi connectivity index (χ0) is 16.6. The number of aromatic nitrogens is 1. The topological polar surface area (TPSA) is 49.3 Å². The molecular weight excluding hydrogens is 292 g/mol. The molecule has 0 aliphatic carbocycles. The molecule has 0 fully saturated rings. The van der Waals surface area contributed by atoms with Gasteiger partial charge in [0.05, 0.1) is 5.01 Å². The minimum Gasteiger partial charge on any atom is -0.356 e. The summed E-state index contributed by atoms with van der Waals surface area (Å²) in [6, 6.07) is 0.437. The zero-order valence-corrected chi connectivity index (χ0v) is 15.8. The standard InChI is InChI=1S/C17H32N4S/c1-13(9-10-17(3,4)5)21-16(18-6)19-11-7-8-15-20-14(2)12-22-15/h12-13H,7-11H2,1-6H3,(H2,18,19,21). The molecule has 0 saturated carbocycles. The van der Waals surface area contributed by atoms with E-state index in [-0.39, 0.29) is 0 Å². The first kappa shape index (κ1) is 18.9. The van der Waals surface area contributed by atoms with Crippen LogP contribution in [0.2, 0.25) is 0 Å². The molecule has 1 atom stereocenters. The second-order valence-corrected chi connectivity index (χ2v) is 8.07. The van der Waals surface area contributed by atoms with Crippen LogP contribution in [0.3, 0.4) is 0 Å². The molecule has 1 rings (SSSR count). The summed E-state index contributed by atoms with van der Waals surface area (Å²) in [6.07, 6.45) is 4.47. The van der Waals surface area contributed by atoms with Gasteiger partial charge < -0.3 is 10.6 Å². The van der Waals surface area contributed by atoms with Crippen molar-refractivity contribution in [1.82, 2.24) is 15.6 Å². The molecule has 0 aromatic carbocycles. The molecule has 126 valence electrons. The van der Waals surface area contributed by atoms with Crippen molar-refractivity contribution < 1.29 is 0 Å². The van der Waals surface area contributed by atoms with Gasteiger partial charge in [-0.15, -0.1) is 11.3 Å². The lowest BCUT2D eigenvalue weighted by Crippen LogP contribution is -2.42. The largest absolute Gasteiger partial charge is 0.356 e. The third kappa shape index (κ3) is 8.37. The highest BCUT2D eigenvalue weighted by atomic mass is 32.1. The van der Waals surface area contributed by atoms with E-state index in [4.69, 9.17) is 0 Å². The van der Waals surface area contributed by atoms with Gasteiger partial charge in [-0.05, 0) is 38.5 Å². The summed E-state index contributed by atoms with van der Waals surface area (Å²) in [6.45, 7) is 12.0. The van der Waals surface area contributed by atoms with Gasteiger partial charge in [-0.3, -0.25) is 4.99 Å². The Labute approximate surface area is 139 Å². The first-order valence-electron chi connectivity index (χ1n) is 8.18. The second kappa shape index (κ2) is 9.13. The van der Waals surface area contributed by atoms with Gasteiger partial charge in [-0.2, -0.15) is 0 Å². The number of aliphatic imine (C=N–C) groups is 1. The summed E-state index contributed by atoms with van der Waals surface area (Å²) >= 11 is 1.75. The van der Waals surface area contributed by atoms with Crippen LogP contribution in [-0.4, -0.2) is 30.6 Å². The SMILES string of the molecule is CN=C(NCCCc1nc(C)cs1)NC(C)CCC(C)(C)C. The average molecular weight is 325 g/mol. The lowest BCUT2D eigenvalue weighted by molar-refractivity contribution is 0.346. The van der Waals surface area contributed by atoms with E-state index in [1.165, 1.54) is 11.4 Å². The van der Waals surface area contributed by atoms with E-state index in [1.54, 1.807) is 11.3 Å². The van der Waals surface area contributed by atoms with E-state index in [1.807, 2.05) is 14.0 Å². The Morgan fingerprint density at radius 2 is 2.14 bits per heavy atom. The highest BCUT2D eigenvalue weighted by molar-refractivity contribution is 7.09. The lowest BCUT2D eigenvalue weighted by Gasteiger charge is -2.23. The van der Waals surface area contributed by atoms with Gasteiger partial charge in [-0.25, -0.2) is 4.98 Å².